The molecule has 3 aromatic rings. The number of thiazole rings is 1. The van der Waals surface area contributed by atoms with Crippen molar-refractivity contribution in [2.24, 2.45) is 0 Å². The van der Waals surface area contributed by atoms with Gasteiger partial charge in [0.15, 0.2) is 0 Å². The Bertz CT molecular complexity index is 952. The first-order valence-corrected chi connectivity index (χ1v) is 9.71. The molecule has 3 aromatic heterocycles. The van der Waals surface area contributed by atoms with Gasteiger partial charge in [-0.1, -0.05) is 0 Å². The fourth-order valence-corrected chi connectivity index (χ4v) is 4.38. The summed E-state index contributed by atoms with van der Waals surface area (Å²) in [6.45, 7) is 3.50. The third-order valence-corrected chi connectivity index (χ3v) is 5.94. The predicted molar refractivity (Wildman–Crippen MR) is 105 cm³/mol. The highest BCUT2D eigenvalue weighted by Gasteiger charge is 2.25. The van der Waals surface area contributed by atoms with Gasteiger partial charge in [0.05, 0.1) is 15.6 Å². The Hall–Kier alpha value is -2.87. The highest BCUT2D eigenvalue weighted by Crippen LogP contribution is 2.34. The second kappa shape index (κ2) is 7.40. The first-order chi connectivity index (χ1) is 13.1. The van der Waals surface area contributed by atoms with Crippen LogP contribution in [0.4, 0.5) is 11.5 Å². The molecule has 27 heavy (non-hydrogen) atoms. The van der Waals surface area contributed by atoms with Gasteiger partial charge in [0, 0.05) is 47.9 Å². The molecular formula is C19H19N5O2S. The topological polar surface area (TPSA) is 85.0 Å². The summed E-state index contributed by atoms with van der Waals surface area (Å²) in [7, 11) is 0. The van der Waals surface area contributed by atoms with Gasteiger partial charge in [0.2, 0.25) is 0 Å². The summed E-state index contributed by atoms with van der Waals surface area (Å²) in [6.07, 6.45) is 6.93. The van der Waals surface area contributed by atoms with Crippen molar-refractivity contribution < 1.29 is 4.92 Å². The fourth-order valence-electron chi connectivity index (χ4n) is 3.38. The number of piperidine rings is 1. The number of anilines is 1. The van der Waals surface area contributed by atoms with E-state index < -0.39 is 0 Å². The Morgan fingerprint density at radius 1 is 1.26 bits per heavy atom. The summed E-state index contributed by atoms with van der Waals surface area (Å²) in [4.78, 5) is 25.9. The normalized spacial score (nSPS) is 15.1. The summed E-state index contributed by atoms with van der Waals surface area (Å²) >= 11 is 1.71. The number of aryl methyl sites for hydroxylation is 1. The first-order valence-electron chi connectivity index (χ1n) is 8.83. The zero-order valence-electron chi connectivity index (χ0n) is 14.9. The molecule has 4 rings (SSSR count). The number of nitro groups is 1. The maximum absolute atomic E-state index is 11.0. The van der Waals surface area contributed by atoms with Crippen LogP contribution in [0.1, 0.15) is 29.3 Å². The first kappa shape index (κ1) is 17.5. The molecule has 0 radical (unpaired) electrons. The minimum Gasteiger partial charge on any atom is -0.357 e. The van der Waals surface area contributed by atoms with E-state index in [1.807, 2.05) is 18.2 Å². The maximum atomic E-state index is 11.0. The van der Waals surface area contributed by atoms with Crippen molar-refractivity contribution in [3.05, 3.63) is 62.9 Å². The molecule has 0 amide bonds. The van der Waals surface area contributed by atoms with Gasteiger partial charge in [-0.15, -0.1) is 11.3 Å². The van der Waals surface area contributed by atoms with Gasteiger partial charge in [-0.3, -0.25) is 15.1 Å². The average Bonchev–Trinajstić information content (AvgIpc) is 3.19. The van der Waals surface area contributed by atoms with Crippen LogP contribution in [0.3, 0.4) is 0 Å². The van der Waals surface area contributed by atoms with Crippen molar-refractivity contribution in [1.82, 2.24) is 15.0 Å². The largest absolute Gasteiger partial charge is 0.357 e. The third kappa shape index (κ3) is 3.66. The van der Waals surface area contributed by atoms with Crippen LogP contribution in [0.15, 0.2) is 42.2 Å². The number of rotatable bonds is 4. The SMILES string of the molecule is Cc1cc(N2CCC(c3nc(-c4ccncc4)cs3)CC2)ncc1[N+](=O)[O-]. The summed E-state index contributed by atoms with van der Waals surface area (Å²) in [5.41, 5.74) is 2.82. The lowest BCUT2D eigenvalue weighted by Crippen LogP contribution is -2.33. The van der Waals surface area contributed by atoms with Crippen LogP contribution in [-0.4, -0.2) is 33.0 Å². The van der Waals surface area contributed by atoms with Crippen LogP contribution in [0.5, 0.6) is 0 Å². The van der Waals surface area contributed by atoms with E-state index in [0.717, 1.165) is 43.0 Å². The molecule has 8 heteroatoms. The second-order valence-corrected chi connectivity index (χ2v) is 7.54. The van der Waals surface area contributed by atoms with Crippen molar-refractivity contribution >= 4 is 22.8 Å². The molecule has 0 aliphatic carbocycles. The predicted octanol–water partition coefficient (Wildman–Crippen LogP) is 4.20. The zero-order chi connectivity index (χ0) is 18.8. The van der Waals surface area contributed by atoms with Crippen molar-refractivity contribution in [2.75, 3.05) is 18.0 Å². The van der Waals surface area contributed by atoms with Crippen LogP contribution < -0.4 is 4.90 Å². The molecule has 0 atom stereocenters. The highest BCUT2D eigenvalue weighted by molar-refractivity contribution is 7.10. The molecule has 0 spiro atoms. The lowest BCUT2D eigenvalue weighted by molar-refractivity contribution is -0.385. The van der Waals surface area contributed by atoms with Crippen LogP contribution >= 0.6 is 11.3 Å². The van der Waals surface area contributed by atoms with Gasteiger partial charge < -0.3 is 4.90 Å². The van der Waals surface area contributed by atoms with E-state index in [2.05, 4.69) is 20.2 Å². The van der Waals surface area contributed by atoms with E-state index >= 15 is 0 Å². The van der Waals surface area contributed by atoms with Gasteiger partial charge in [0.1, 0.15) is 12.0 Å². The molecule has 1 aliphatic rings. The molecule has 4 heterocycles. The van der Waals surface area contributed by atoms with Crippen LogP contribution in [0, 0.1) is 17.0 Å². The number of nitrogens with zero attached hydrogens (tertiary/aromatic N) is 5. The summed E-state index contributed by atoms with van der Waals surface area (Å²) in [6, 6.07) is 5.76. The Balaban J connectivity index is 1.43. The molecule has 1 saturated heterocycles. The fraction of sp³-hybridized carbons (Fsp3) is 0.316. The van der Waals surface area contributed by atoms with Gasteiger partial charge in [-0.05, 0) is 38.0 Å². The number of pyridine rings is 2. The van der Waals surface area contributed by atoms with E-state index in [1.165, 1.54) is 11.2 Å². The van der Waals surface area contributed by atoms with Crippen molar-refractivity contribution in [3.8, 4) is 11.3 Å². The monoisotopic (exact) mass is 381 g/mol. The maximum Gasteiger partial charge on any atom is 0.290 e. The molecule has 1 fully saturated rings. The van der Waals surface area contributed by atoms with Crippen LogP contribution in [-0.2, 0) is 0 Å². The minimum atomic E-state index is -0.388. The number of hydrogen-bond donors (Lipinski definition) is 0. The van der Waals surface area contributed by atoms with Crippen LogP contribution in [0.2, 0.25) is 0 Å². The molecule has 0 saturated carbocycles. The summed E-state index contributed by atoms with van der Waals surface area (Å²) in [5, 5.41) is 14.2. The Kier molecular flexibility index (Phi) is 4.81. The lowest BCUT2D eigenvalue weighted by Gasteiger charge is -2.32. The third-order valence-electron chi connectivity index (χ3n) is 4.93. The zero-order valence-corrected chi connectivity index (χ0v) is 15.7. The van der Waals surface area contributed by atoms with Gasteiger partial charge in [-0.2, -0.15) is 0 Å². The number of hydrogen-bond acceptors (Lipinski definition) is 7. The second-order valence-electron chi connectivity index (χ2n) is 6.65. The van der Waals surface area contributed by atoms with Crippen molar-refractivity contribution in [1.29, 1.82) is 0 Å². The molecule has 0 N–H and O–H groups in total. The quantitative estimate of drug-likeness (QED) is 0.497. The van der Waals surface area contributed by atoms with Gasteiger partial charge >= 0.3 is 0 Å². The molecular weight excluding hydrogens is 362 g/mol. The summed E-state index contributed by atoms with van der Waals surface area (Å²) in [5.74, 6) is 1.26. The number of aromatic nitrogens is 3. The molecule has 138 valence electrons. The highest BCUT2D eigenvalue weighted by atomic mass is 32.1. The Morgan fingerprint density at radius 3 is 2.67 bits per heavy atom. The average molecular weight is 381 g/mol. The summed E-state index contributed by atoms with van der Waals surface area (Å²) < 4.78 is 0. The van der Waals surface area contributed by atoms with E-state index in [9.17, 15) is 10.1 Å². The molecule has 0 bridgehead atoms. The standard InChI is InChI=1S/C19H19N5O2S/c1-13-10-18(21-11-17(13)24(25)26)23-8-4-15(5-9-23)19-22-16(12-27-19)14-2-6-20-7-3-14/h2-3,6-7,10-12,15H,4-5,8-9H2,1H3. The molecule has 1 aliphatic heterocycles. The van der Waals surface area contributed by atoms with Crippen molar-refractivity contribution in [3.63, 3.8) is 0 Å². The van der Waals surface area contributed by atoms with E-state index in [1.54, 1.807) is 30.7 Å². The molecule has 0 aromatic carbocycles. The smallest absolute Gasteiger partial charge is 0.290 e. The van der Waals surface area contributed by atoms with E-state index in [-0.39, 0.29) is 10.6 Å². The van der Waals surface area contributed by atoms with Crippen LogP contribution in [0.25, 0.3) is 11.3 Å². The Labute approximate surface area is 160 Å². The van der Waals surface area contributed by atoms with E-state index in [0.29, 0.717) is 11.5 Å². The minimum absolute atomic E-state index is 0.0695. The van der Waals surface area contributed by atoms with Gasteiger partial charge in [-0.25, -0.2) is 9.97 Å². The molecule has 0 unspecified atom stereocenters. The molecule has 7 nitrogen and oxygen atoms in total. The van der Waals surface area contributed by atoms with Crippen molar-refractivity contribution in [2.45, 2.75) is 25.7 Å². The van der Waals surface area contributed by atoms with Gasteiger partial charge in [0.25, 0.3) is 5.69 Å². The Morgan fingerprint density at radius 2 is 2.00 bits per heavy atom. The lowest BCUT2D eigenvalue weighted by atomic mass is 9.97. The van der Waals surface area contributed by atoms with E-state index in [4.69, 9.17) is 4.98 Å².